The van der Waals surface area contributed by atoms with E-state index in [0.29, 0.717) is 6.54 Å². The summed E-state index contributed by atoms with van der Waals surface area (Å²) in [6.07, 6.45) is 3.28. The van der Waals surface area contributed by atoms with E-state index in [1.807, 2.05) is 0 Å². The minimum Gasteiger partial charge on any atom is -0.504 e. The zero-order chi connectivity index (χ0) is 10.8. The van der Waals surface area contributed by atoms with Gasteiger partial charge < -0.3 is 15.5 Å². The lowest BCUT2D eigenvalue weighted by Gasteiger charge is -2.11. The molecule has 0 bridgehead atoms. The molecule has 2 rings (SSSR count). The van der Waals surface area contributed by atoms with Gasteiger partial charge in [0.1, 0.15) is 0 Å². The fourth-order valence-corrected chi connectivity index (χ4v) is 1.86. The quantitative estimate of drug-likeness (QED) is 0.657. The molecule has 82 valence electrons. The molecule has 1 unspecified atom stereocenters. The van der Waals surface area contributed by atoms with Crippen molar-refractivity contribution in [2.24, 2.45) is 0 Å². The number of aromatic carboxylic acids is 1. The molecule has 0 spiro atoms. The van der Waals surface area contributed by atoms with Crippen LogP contribution in [-0.2, 0) is 6.54 Å². The molecule has 15 heavy (non-hydrogen) atoms. The van der Waals surface area contributed by atoms with E-state index < -0.39 is 5.97 Å². The van der Waals surface area contributed by atoms with Crippen molar-refractivity contribution in [3.63, 3.8) is 0 Å². The fourth-order valence-electron chi connectivity index (χ4n) is 1.86. The van der Waals surface area contributed by atoms with Gasteiger partial charge in [0.25, 0.3) is 0 Å². The number of carboxylic acid groups (broad SMARTS) is 1. The van der Waals surface area contributed by atoms with Crippen molar-refractivity contribution in [1.82, 2.24) is 15.1 Å². The second-order valence-corrected chi connectivity index (χ2v) is 3.66. The SMILES string of the molecule is O=C(O)c1c(O)cnn1CC1CCCN1. The van der Waals surface area contributed by atoms with E-state index >= 15 is 0 Å². The number of hydrogen-bond acceptors (Lipinski definition) is 4. The van der Waals surface area contributed by atoms with Crippen LogP contribution in [0.1, 0.15) is 23.3 Å². The van der Waals surface area contributed by atoms with Crippen LogP contribution < -0.4 is 5.32 Å². The molecule has 1 saturated heterocycles. The predicted molar refractivity (Wildman–Crippen MR) is 51.9 cm³/mol. The van der Waals surface area contributed by atoms with Crippen LogP contribution in [0.15, 0.2) is 6.20 Å². The van der Waals surface area contributed by atoms with Gasteiger partial charge in [-0.25, -0.2) is 4.79 Å². The number of aromatic hydroxyl groups is 1. The Balaban J connectivity index is 2.16. The van der Waals surface area contributed by atoms with Crippen LogP contribution in [0.4, 0.5) is 0 Å². The molecule has 1 fully saturated rings. The van der Waals surface area contributed by atoms with Crippen molar-refractivity contribution < 1.29 is 15.0 Å². The fraction of sp³-hybridized carbons (Fsp3) is 0.556. The molecule has 0 saturated carbocycles. The zero-order valence-corrected chi connectivity index (χ0v) is 8.18. The molecule has 0 aliphatic carbocycles. The number of aromatic nitrogens is 2. The number of carbonyl (C=O) groups is 1. The van der Waals surface area contributed by atoms with E-state index in [4.69, 9.17) is 5.11 Å². The van der Waals surface area contributed by atoms with Gasteiger partial charge in [0.05, 0.1) is 12.7 Å². The number of nitrogens with zero attached hydrogens (tertiary/aromatic N) is 2. The maximum Gasteiger partial charge on any atom is 0.358 e. The standard InChI is InChI=1S/C9H13N3O3/c13-7-4-11-12(8(7)9(14)15)5-6-2-1-3-10-6/h4,6,10,13H,1-3,5H2,(H,14,15). The third-order valence-corrected chi connectivity index (χ3v) is 2.58. The van der Waals surface area contributed by atoms with Crippen LogP contribution in [0.5, 0.6) is 5.75 Å². The summed E-state index contributed by atoms with van der Waals surface area (Å²) in [4.78, 5) is 10.8. The molecule has 0 aromatic carbocycles. The molecular formula is C9H13N3O3. The maximum atomic E-state index is 10.8. The number of nitrogens with one attached hydrogen (secondary N) is 1. The average molecular weight is 211 g/mol. The van der Waals surface area contributed by atoms with Crippen molar-refractivity contribution in [1.29, 1.82) is 0 Å². The number of carboxylic acids is 1. The maximum absolute atomic E-state index is 10.8. The lowest BCUT2D eigenvalue weighted by atomic mass is 10.2. The summed E-state index contributed by atoms with van der Waals surface area (Å²) in [6.45, 7) is 1.45. The highest BCUT2D eigenvalue weighted by molar-refractivity contribution is 5.88. The Hall–Kier alpha value is -1.56. The third kappa shape index (κ3) is 1.94. The van der Waals surface area contributed by atoms with Crippen molar-refractivity contribution in [2.75, 3.05) is 6.54 Å². The summed E-state index contributed by atoms with van der Waals surface area (Å²) in [7, 11) is 0. The van der Waals surface area contributed by atoms with Gasteiger partial charge in [0.2, 0.25) is 0 Å². The van der Waals surface area contributed by atoms with Gasteiger partial charge in [-0.1, -0.05) is 0 Å². The van der Waals surface area contributed by atoms with E-state index in [9.17, 15) is 9.90 Å². The Bertz CT molecular complexity index is 369. The van der Waals surface area contributed by atoms with Crippen LogP contribution in [-0.4, -0.2) is 38.5 Å². The molecule has 1 aliphatic rings. The Morgan fingerprint density at radius 1 is 1.73 bits per heavy atom. The van der Waals surface area contributed by atoms with Gasteiger partial charge in [-0.05, 0) is 19.4 Å². The molecule has 0 radical (unpaired) electrons. The second-order valence-electron chi connectivity index (χ2n) is 3.66. The van der Waals surface area contributed by atoms with E-state index in [1.165, 1.54) is 10.9 Å². The first-order chi connectivity index (χ1) is 7.18. The summed E-state index contributed by atoms with van der Waals surface area (Å²) in [5.41, 5.74) is -0.135. The van der Waals surface area contributed by atoms with Crippen LogP contribution >= 0.6 is 0 Å². The summed E-state index contributed by atoms with van der Waals surface area (Å²) in [6, 6.07) is 0.252. The van der Waals surface area contributed by atoms with Crippen molar-refractivity contribution in [3.05, 3.63) is 11.9 Å². The van der Waals surface area contributed by atoms with Gasteiger partial charge in [0.15, 0.2) is 11.4 Å². The topological polar surface area (TPSA) is 87.4 Å². The first-order valence-corrected chi connectivity index (χ1v) is 4.90. The Kier molecular flexibility index (Phi) is 2.59. The Morgan fingerprint density at radius 2 is 2.53 bits per heavy atom. The summed E-state index contributed by atoms with van der Waals surface area (Å²) >= 11 is 0. The monoisotopic (exact) mass is 211 g/mol. The first kappa shape index (κ1) is 9.97. The van der Waals surface area contributed by atoms with Gasteiger partial charge >= 0.3 is 5.97 Å². The third-order valence-electron chi connectivity index (χ3n) is 2.58. The van der Waals surface area contributed by atoms with Gasteiger partial charge in [-0.3, -0.25) is 4.68 Å². The summed E-state index contributed by atoms with van der Waals surface area (Å²) in [5.74, 6) is -1.43. The minimum absolute atomic E-state index is 0.135. The molecule has 6 heteroatoms. The summed E-state index contributed by atoms with van der Waals surface area (Å²) < 4.78 is 1.33. The zero-order valence-electron chi connectivity index (χ0n) is 8.18. The Labute approximate surface area is 86.5 Å². The highest BCUT2D eigenvalue weighted by atomic mass is 16.4. The molecule has 1 aliphatic heterocycles. The van der Waals surface area contributed by atoms with E-state index in [-0.39, 0.29) is 17.5 Å². The van der Waals surface area contributed by atoms with Crippen molar-refractivity contribution in [3.8, 4) is 5.75 Å². The highest BCUT2D eigenvalue weighted by Gasteiger charge is 2.21. The molecular weight excluding hydrogens is 198 g/mol. The van der Waals surface area contributed by atoms with Gasteiger partial charge in [-0.2, -0.15) is 5.10 Å². The van der Waals surface area contributed by atoms with E-state index in [2.05, 4.69) is 10.4 Å². The lowest BCUT2D eigenvalue weighted by Crippen LogP contribution is -2.28. The molecule has 2 heterocycles. The Morgan fingerprint density at radius 3 is 3.13 bits per heavy atom. The predicted octanol–water partition coefficient (Wildman–Crippen LogP) is 0.0389. The van der Waals surface area contributed by atoms with E-state index in [0.717, 1.165) is 19.4 Å². The van der Waals surface area contributed by atoms with Crippen molar-refractivity contribution in [2.45, 2.75) is 25.4 Å². The largest absolute Gasteiger partial charge is 0.504 e. The smallest absolute Gasteiger partial charge is 0.358 e. The summed E-state index contributed by atoms with van der Waals surface area (Å²) in [5, 5.41) is 25.3. The van der Waals surface area contributed by atoms with Crippen LogP contribution in [0.2, 0.25) is 0 Å². The molecule has 0 amide bonds. The second kappa shape index (κ2) is 3.90. The molecule has 3 N–H and O–H groups in total. The average Bonchev–Trinajstić information content (AvgIpc) is 2.76. The van der Waals surface area contributed by atoms with E-state index in [1.54, 1.807) is 0 Å². The molecule has 1 aromatic rings. The van der Waals surface area contributed by atoms with Crippen LogP contribution in [0.25, 0.3) is 0 Å². The van der Waals surface area contributed by atoms with Crippen LogP contribution in [0.3, 0.4) is 0 Å². The molecule has 6 nitrogen and oxygen atoms in total. The molecule has 1 atom stereocenters. The van der Waals surface area contributed by atoms with Gasteiger partial charge in [-0.15, -0.1) is 0 Å². The number of hydrogen-bond donors (Lipinski definition) is 3. The normalized spacial score (nSPS) is 20.7. The van der Waals surface area contributed by atoms with Crippen molar-refractivity contribution >= 4 is 5.97 Å². The minimum atomic E-state index is -1.15. The number of rotatable bonds is 3. The first-order valence-electron chi connectivity index (χ1n) is 4.90. The van der Waals surface area contributed by atoms with Crippen LogP contribution in [0, 0.1) is 0 Å². The highest BCUT2D eigenvalue weighted by Crippen LogP contribution is 2.17. The molecule has 1 aromatic heterocycles. The van der Waals surface area contributed by atoms with Gasteiger partial charge in [0, 0.05) is 6.04 Å². The lowest BCUT2D eigenvalue weighted by molar-refractivity contribution is 0.0679.